The number of esters is 1. The first-order valence-electron chi connectivity index (χ1n) is 10.7. The number of H-pyrrole nitrogens is 1. The Morgan fingerprint density at radius 2 is 2.06 bits per heavy atom. The summed E-state index contributed by atoms with van der Waals surface area (Å²) in [6.07, 6.45) is 3.59. The van der Waals surface area contributed by atoms with Crippen molar-refractivity contribution in [3.8, 4) is 0 Å². The van der Waals surface area contributed by atoms with Gasteiger partial charge in [-0.05, 0) is 43.0 Å². The van der Waals surface area contributed by atoms with Crippen molar-refractivity contribution in [2.45, 2.75) is 52.0 Å². The molecule has 4 N–H and O–H groups in total. The highest BCUT2D eigenvalue weighted by Gasteiger charge is 2.32. The van der Waals surface area contributed by atoms with Crippen LogP contribution in [0.4, 0.5) is 16.5 Å². The molecule has 0 unspecified atom stereocenters. The van der Waals surface area contributed by atoms with Crippen molar-refractivity contribution in [2.75, 3.05) is 36.1 Å². The Bertz CT molecular complexity index is 1110. The maximum Gasteiger partial charge on any atom is 0.341 e. The van der Waals surface area contributed by atoms with Crippen molar-refractivity contribution in [2.24, 2.45) is 0 Å². The summed E-state index contributed by atoms with van der Waals surface area (Å²) in [5.74, 6) is -0.543. The van der Waals surface area contributed by atoms with Crippen LogP contribution in [-0.2, 0) is 16.1 Å². The molecule has 1 amide bonds. The van der Waals surface area contributed by atoms with Crippen LogP contribution in [0.25, 0.3) is 0 Å². The minimum atomic E-state index is -0.657. The van der Waals surface area contributed by atoms with E-state index in [0.29, 0.717) is 23.0 Å². The monoisotopic (exact) mass is 463 g/mol. The number of amides is 1. The van der Waals surface area contributed by atoms with E-state index in [1.165, 1.54) is 20.8 Å². The summed E-state index contributed by atoms with van der Waals surface area (Å²) in [6, 6.07) is 0. The van der Waals surface area contributed by atoms with Gasteiger partial charge in [-0.15, -0.1) is 11.3 Å². The molecule has 0 saturated heterocycles. The molecular weight excluding hydrogens is 434 g/mol. The van der Waals surface area contributed by atoms with Crippen molar-refractivity contribution >= 4 is 39.7 Å². The maximum atomic E-state index is 12.8. The summed E-state index contributed by atoms with van der Waals surface area (Å²) < 4.78 is 6.48. The molecule has 0 bridgehead atoms. The number of hydrogen-bond donors (Lipinski definition) is 3. The summed E-state index contributed by atoms with van der Waals surface area (Å²) in [5, 5.41) is 5.08. The summed E-state index contributed by atoms with van der Waals surface area (Å²) in [7, 11) is 1.55. The largest absolute Gasteiger partial charge is 0.462 e. The molecule has 0 radical (unpaired) electrons. The van der Waals surface area contributed by atoms with E-state index < -0.39 is 23.1 Å². The minimum Gasteiger partial charge on any atom is -0.462 e. The van der Waals surface area contributed by atoms with Crippen molar-refractivity contribution in [1.82, 2.24) is 9.55 Å². The van der Waals surface area contributed by atoms with Gasteiger partial charge in [0, 0.05) is 13.6 Å². The Morgan fingerprint density at radius 3 is 2.69 bits per heavy atom. The summed E-state index contributed by atoms with van der Waals surface area (Å²) >= 11 is 1.28. The van der Waals surface area contributed by atoms with Crippen LogP contribution in [0.2, 0.25) is 0 Å². The number of hydrogen-bond acceptors (Lipinski definition) is 8. The van der Waals surface area contributed by atoms with Crippen LogP contribution in [0.3, 0.4) is 0 Å². The first kappa shape index (κ1) is 23.6. The molecule has 174 valence electrons. The quantitative estimate of drug-likeness (QED) is 0.459. The Morgan fingerprint density at radius 1 is 1.34 bits per heavy atom. The number of nitrogens with zero attached hydrogens (tertiary/aromatic N) is 2. The number of rotatable bonds is 10. The number of nitrogen functional groups attached to an aromatic ring is 1. The second kappa shape index (κ2) is 10.0. The Balaban J connectivity index is 1.80. The second-order valence-electron chi connectivity index (χ2n) is 7.79. The van der Waals surface area contributed by atoms with Crippen LogP contribution >= 0.6 is 11.3 Å². The molecule has 0 atom stereocenters. The van der Waals surface area contributed by atoms with Gasteiger partial charge in [-0.3, -0.25) is 19.1 Å². The van der Waals surface area contributed by atoms with Crippen LogP contribution in [0.15, 0.2) is 15.0 Å². The number of carbonyl (C=O) groups excluding carboxylic acids is 2. The number of likely N-dealkylation sites (N-methyl/N-ethyl adjacent to an activating group) is 1. The average molecular weight is 464 g/mol. The molecule has 3 rings (SSSR count). The van der Waals surface area contributed by atoms with E-state index in [4.69, 9.17) is 10.5 Å². The molecule has 1 aliphatic rings. The van der Waals surface area contributed by atoms with E-state index in [1.54, 1.807) is 14.0 Å². The zero-order chi connectivity index (χ0) is 23.4. The van der Waals surface area contributed by atoms with Gasteiger partial charge in [-0.1, -0.05) is 13.3 Å². The molecule has 1 fully saturated rings. The fraction of sp³-hybridized carbons (Fsp3) is 0.524. The molecule has 2 aromatic heterocycles. The molecule has 10 nitrogen and oxygen atoms in total. The number of anilines is 3. The van der Waals surface area contributed by atoms with Crippen molar-refractivity contribution in [1.29, 1.82) is 0 Å². The lowest BCUT2D eigenvalue weighted by Crippen LogP contribution is -2.39. The molecule has 0 aliphatic heterocycles. The van der Waals surface area contributed by atoms with Crippen LogP contribution < -0.4 is 27.2 Å². The lowest BCUT2D eigenvalue weighted by atomic mass is 10.1. The van der Waals surface area contributed by atoms with Gasteiger partial charge in [0.05, 0.1) is 18.7 Å². The van der Waals surface area contributed by atoms with E-state index in [9.17, 15) is 19.2 Å². The van der Waals surface area contributed by atoms with E-state index in [1.807, 2.05) is 12.3 Å². The standard InChI is InChI=1S/C21H29N5O5S/c1-4-6-9-26-17(22)16(18(28)24-21(26)30)25(3)10-14(27)23-19-15(20(29)31-5-2)13(11-32-19)12-7-8-12/h11-12H,4-10,22H2,1-3H3,(H,23,27)(H,24,28,30). The lowest BCUT2D eigenvalue weighted by molar-refractivity contribution is -0.114. The number of nitrogens with two attached hydrogens (primary N) is 1. The van der Waals surface area contributed by atoms with E-state index in [0.717, 1.165) is 31.2 Å². The van der Waals surface area contributed by atoms with Crippen LogP contribution in [0.1, 0.15) is 61.4 Å². The molecular formula is C21H29N5O5S. The molecule has 11 heteroatoms. The van der Waals surface area contributed by atoms with Gasteiger partial charge >= 0.3 is 11.7 Å². The van der Waals surface area contributed by atoms with Gasteiger partial charge in [-0.2, -0.15) is 0 Å². The molecule has 32 heavy (non-hydrogen) atoms. The highest BCUT2D eigenvalue weighted by molar-refractivity contribution is 7.15. The fourth-order valence-electron chi connectivity index (χ4n) is 3.52. The SMILES string of the molecule is CCCCn1c(N)c(N(C)CC(=O)Nc2scc(C3CC3)c2C(=O)OCC)c(=O)[nH]c1=O. The highest BCUT2D eigenvalue weighted by atomic mass is 32.1. The minimum absolute atomic E-state index is 0.0156. The summed E-state index contributed by atoms with van der Waals surface area (Å²) in [4.78, 5) is 53.4. The van der Waals surface area contributed by atoms with Gasteiger partial charge in [0.25, 0.3) is 5.56 Å². The summed E-state index contributed by atoms with van der Waals surface area (Å²) in [6.45, 7) is 4.13. The van der Waals surface area contributed by atoms with E-state index in [2.05, 4.69) is 10.3 Å². The summed E-state index contributed by atoms with van der Waals surface area (Å²) in [5.41, 5.74) is 6.23. The first-order chi connectivity index (χ1) is 15.3. The third-order valence-electron chi connectivity index (χ3n) is 5.28. The van der Waals surface area contributed by atoms with Crippen LogP contribution in [0.5, 0.6) is 0 Å². The van der Waals surface area contributed by atoms with Gasteiger partial charge in [0.1, 0.15) is 16.5 Å². The first-order valence-corrected chi connectivity index (χ1v) is 11.6. The Hall–Kier alpha value is -3.08. The second-order valence-corrected chi connectivity index (χ2v) is 8.67. The van der Waals surface area contributed by atoms with Gasteiger partial charge in [-0.25, -0.2) is 9.59 Å². The predicted octanol–water partition coefficient (Wildman–Crippen LogP) is 2.11. The highest BCUT2D eigenvalue weighted by Crippen LogP contribution is 2.46. The van der Waals surface area contributed by atoms with E-state index >= 15 is 0 Å². The normalized spacial score (nSPS) is 13.1. The zero-order valence-electron chi connectivity index (χ0n) is 18.5. The molecule has 2 heterocycles. The molecule has 0 aromatic carbocycles. The Kier molecular flexibility index (Phi) is 7.39. The fourth-order valence-corrected chi connectivity index (χ4v) is 4.56. The van der Waals surface area contributed by atoms with Crippen molar-refractivity contribution in [3.05, 3.63) is 37.3 Å². The topological polar surface area (TPSA) is 140 Å². The molecule has 0 spiro atoms. The van der Waals surface area contributed by atoms with Gasteiger partial charge < -0.3 is 20.7 Å². The molecule has 1 aliphatic carbocycles. The predicted molar refractivity (Wildman–Crippen MR) is 125 cm³/mol. The molecule has 1 saturated carbocycles. The smallest absolute Gasteiger partial charge is 0.341 e. The number of carbonyl (C=O) groups is 2. The third-order valence-corrected chi connectivity index (χ3v) is 6.19. The number of thiophene rings is 1. The maximum absolute atomic E-state index is 12.8. The van der Waals surface area contributed by atoms with Gasteiger partial charge in [0.15, 0.2) is 0 Å². The number of unbranched alkanes of at least 4 members (excludes halogenated alkanes) is 1. The van der Waals surface area contributed by atoms with E-state index in [-0.39, 0.29) is 24.7 Å². The van der Waals surface area contributed by atoms with Crippen molar-refractivity contribution in [3.63, 3.8) is 0 Å². The number of ether oxygens (including phenoxy) is 1. The number of nitrogens with one attached hydrogen (secondary N) is 2. The lowest BCUT2D eigenvalue weighted by Gasteiger charge is -2.21. The number of aromatic nitrogens is 2. The van der Waals surface area contributed by atoms with Crippen LogP contribution in [-0.4, -0.2) is 41.6 Å². The third kappa shape index (κ3) is 5.04. The van der Waals surface area contributed by atoms with Crippen LogP contribution in [0, 0.1) is 0 Å². The molecule has 2 aromatic rings. The number of aromatic amines is 1. The Labute approximate surface area is 189 Å². The van der Waals surface area contributed by atoms with Gasteiger partial charge in [0.2, 0.25) is 5.91 Å². The van der Waals surface area contributed by atoms with Crippen molar-refractivity contribution < 1.29 is 14.3 Å². The average Bonchev–Trinajstić information content (AvgIpc) is 3.48. The zero-order valence-corrected chi connectivity index (χ0v) is 19.3.